The molecule has 1 heterocycles. The fourth-order valence-electron chi connectivity index (χ4n) is 2.23. The molecule has 22 heavy (non-hydrogen) atoms. The van der Waals surface area contributed by atoms with Crippen molar-refractivity contribution in [2.75, 3.05) is 0 Å². The van der Waals surface area contributed by atoms with E-state index in [1.54, 1.807) is 0 Å². The molecule has 0 atom stereocenters. The van der Waals surface area contributed by atoms with Gasteiger partial charge in [0.25, 0.3) is 5.91 Å². The van der Waals surface area contributed by atoms with Crippen molar-refractivity contribution < 1.29 is 4.79 Å². The van der Waals surface area contributed by atoms with Crippen LogP contribution in [0.3, 0.4) is 0 Å². The van der Waals surface area contributed by atoms with Gasteiger partial charge in [-0.15, -0.1) is 11.3 Å². The van der Waals surface area contributed by atoms with Crippen molar-refractivity contribution in [1.29, 1.82) is 0 Å². The first-order valence-electron chi connectivity index (χ1n) is 7.09. The van der Waals surface area contributed by atoms with Crippen LogP contribution in [-0.2, 0) is 6.54 Å². The van der Waals surface area contributed by atoms with Gasteiger partial charge in [-0.05, 0) is 12.5 Å². The van der Waals surface area contributed by atoms with Crippen LogP contribution in [0, 0.1) is 6.92 Å². The lowest BCUT2D eigenvalue weighted by atomic mass is 10.1. The summed E-state index contributed by atoms with van der Waals surface area (Å²) in [6.07, 6.45) is 0. The van der Waals surface area contributed by atoms with E-state index in [1.807, 2.05) is 67.6 Å². The average Bonchev–Trinajstić information content (AvgIpc) is 2.96. The van der Waals surface area contributed by atoms with Gasteiger partial charge < -0.3 is 5.32 Å². The van der Waals surface area contributed by atoms with Gasteiger partial charge in [-0.1, -0.05) is 60.7 Å². The zero-order valence-corrected chi connectivity index (χ0v) is 13.1. The second-order valence-corrected chi connectivity index (χ2v) is 6.15. The maximum atomic E-state index is 12.5. The second-order valence-electron chi connectivity index (χ2n) is 4.94. The minimum Gasteiger partial charge on any atom is -0.347 e. The minimum atomic E-state index is -0.0756. The Morgan fingerprint density at radius 1 is 1.05 bits per heavy atom. The molecular weight excluding hydrogens is 292 g/mol. The SMILES string of the molecule is Cc1nc(-c2ccccc2)c(C(=O)NCc2ccccc2)s1. The third-order valence-corrected chi connectivity index (χ3v) is 4.25. The molecule has 0 aliphatic rings. The molecule has 1 amide bonds. The zero-order chi connectivity index (χ0) is 15.4. The van der Waals surface area contributed by atoms with Gasteiger partial charge in [-0.3, -0.25) is 4.79 Å². The van der Waals surface area contributed by atoms with Crippen LogP contribution in [0.1, 0.15) is 20.2 Å². The first-order valence-corrected chi connectivity index (χ1v) is 7.90. The van der Waals surface area contributed by atoms with E-state index in [-0.39, 0.29) is 5.91 Å². The highest BCUT2D eigenvalue weighted by molar-refractivity contribution is 7.14. The molecule has 110 valence electrons. The molecule has 0 saturated heterocycles. The van der Waals surface area contributed by atoms with Crippen LogP contribution in [0.5, 0.6) is 0 Å². The zero-order valence-electron chi connectivity index (χ0n) is 12.2. The monoisotopic (exact) mass is 308 g/mol. The lowest BCUT2D eigenvalue weighted by Crippen LogP contribution is -2.22. The van der Waals surface area contributed by atoms with E-state index in [4.69, 9.17) is 0 Å². The van der Waals surface area contributed by atoms with E-state index < -0.39 is 0 Å². The maximum absolute atomic E-state index is 12.5. The summed E-state index contributed by atoms with van der Waals surface area (Å²) in [5, 5.41) is 3.86. The van der Waals surface area contributed by atoms with Crippen molar-refractivity contribution in [3.63, 3.8) is 0 Å². The van der Waals surface area contributed by atoms with E-state index >= 15 is 0 Å². The van der Waals surface area contributed by atoms with Crippen LogP contribution in [0.4, 0.5) is 0 Å². The molecule has 0 saturated carbocycles. The molecule has 2 aromatic carbocycles. The number of nitrogens with one attached hydrogen (secondary N) is 1. The largest absolute Gasteiger partial charge is 0.347 e. The molecule has 3 aromatic rings. The Bertz CT molecular complexity index is 766. The predicted octanol–water partition coefficient (Wildman–Crippen LogP) is 4.05. The van der Waals surface area contributed by atoms with Crippen molar-refractivity contribution in [3.8, 4) is 11.3 Å². The van der Waals surface area contributed by atoms with Crippen LogP contribution in [0.25, 0.3) is 11.3 Å². The number of rotatable bonds is 4. The Labute approximate surface area is 133 Å². The number of hydrogen-bond donors (Lipinski definition) is 1. The number of thiazole rings is 1. The summed E-state index contributed by atoms with van der Waals surface area (Å²) in [5.41, 5.74) is 2.81. The van der Waals surface area contributed by atoms with E-state index in [9.17, 15) is 4.79 Å². The molecule has 0 radical (unpaired) electrons. The molecule has 0 aliphatic carbocycles. The van der Waals surface area contributed by atoms with Crippen LogP contribution >= 0.6 is 11.3 Å². The summed E-state index contributed by atoms with van der Waals surface area (Å²) in [4.78, 5) is 17.7. The Hall–Kier alpha value is -2.46. The Morgan fingerprint density at radius 3 is 2.36 bits per heavy atom. The number of carbonyl (C=O) groups excluding carboxylic acids is 1. The summed E-state index contributed by atoms with van der Waals surface area (Å²) in [7, 11) is 0. The predicted molar refractivity (Wildman–Crippen MR) is 89.9 cm³/mol. The maximum Gasteiger partial charge on any atom is 0.263 e. The first kappa shape index (κ1) is 14.5. The summed E-state index contributed by atoms with van der Waals surface area (Å²) < 4.78 is 0. The van der Waals surface area contributed by atoms with Crippen LogP contribution in [0.2, 0.25) is 0 Å². The van der Waals surface area contributed by atoms with Gasteiger partial charge in [0.05, 0.1) is 10.7 Å². The topological polar surface area (TPSA) is 42.0 Å². The molecule has 0 aliphatic heterocycles. The smallest absolute Gasteiger partial charge is 0.263 e. The Morgan fingerprint density at radius 2 is 1.68 bits per heavy atom. The highest BCUT2D eigenvalue weighted by atomic mass is 32.1. The van der Waals surface area contributed by atoms with Gasteiger partial charge in [0, 0.05) is 12.1 Å². The van der Waals surface area contributed by atoms with E-state index in [0.29, 0.717) is 11.4 Å². The molecule has 0 bridgehead atoms. The Kier molecular flexibility index (Phi) is 4.30. The van der Waals surface area contributed by atoms with E-state index in [2.05, 4.69) is 10.3 Å². The van der Waals surface area contributed by atoms with E-state index in [0.717, 1.165) is 21.8 Å². The summed E-state index contributed by atoms with van der Waals surface area (Å²) >= 11 is 1.43. The van der Waals surface area contributed by atoms with Crippen molar-refractivity contribution >= 4 is 17.2 Å². The number of carbonyl (C=O) groups is 1. The van der Waals surface area contributed by atoms with Gasteiger partial charge >= 0.3 is 0 Å². The van der Waals surface area contributed by atoms with Crippen molar-refractivity contribution in [1.82, 2.24) is 10.3 Å². The third kappa shape index (κ3) is 3.23. The number of aryl methyl sites for hydroxylation is 1. The van der Waals surface area contributed by atoms with Crippen molar-refractivity contribution in [3.05, 3.63) is 76.1 Å². The molecule has 1 aromatic heterocycles. The fourth-order valence-corrected chi connectivity index (χ4v) is 3.09. The first-order chi connectivity index (χ1) is 10.7. The molecule has 4 heteroatoms. The minimum absolute atomic E-state index is 0.0756. The number of benzene rings is 2. The molecule has 0 spiro atoms. The quantitative estimate of drug-likeness (QED) is 0.790. The van der Waals surface area contributed by atoms with Crippen molar-refractivity contribution in [2.45, 2.75) is 13.5 Å². The van der Waals surface area contributed by atoms with E-state index in [1.165, 1.54) is 11.3 Å². The lowest BCUT2D eigenvalue weighted by Gasteiger charge is -2.05. The number of hydrogen-bond acceptors (Lipinski definition) is 3. The number of amides is 1. The number of aromatic nitrogens is 1. The van der Waals surface area contributed by atoms with Gasteiger partial charge in [-0.2, -0.15) is 0 Å². The molecule has 3 rings (SSSR count). The molecule has 1 N–H and O–H groups in total. The van der Waals surface area contributed by atoms with Gasteiger partial charge in [0.2, 0.25) is 0 Å². The highest BCUT2D eigenvalue weighted by Crippen LogP contribution is 2.27. The lowest BCUT2D eigenvalue weighted by molar-refractivity contribution is 0.0955. The van der Waals surface area contributed by atoms with Crippen LogP contribution in [0.15, 0.2) is 60.7 Å². The van der Waals surface area contributed by atoms with Crippen molar-refractivity contribution in [2.24, 2.45) is 0 Å². The molecule has 0 fully saturated rings. The third-order valence-electron chi connectivity index (χ3n) is 3.28. The standard InChI is InChI=1S/C18H16N2OS/c1-13-20-16(15-10-6-3-7-11-15)17(22-13)18(21)19-12-14-8-4-2-5-9-14/h2-11H,12H2,1H3,(H,19,21). The Balaban J connectivity index is 1.81. The van der Waals surface area contributed by atoms with Gasteiger partial charge in [-0.25, -0.2) is 4.98 Å². The summed E-state index contributed by atoms with van der Waals surface area (Å²) in [6.45, 7) is 2.44. The van der Waals surface area contributed by atoms with Crippen LogP contribution in [-0.4, -0.2) is 10.9 Å². The fraction of sp³-hybridized carbons (Fsp3) is 0.111. The van der Waals surface area contributed by atoms with Crippen LogP contribution < -0.4 is 5.32 Å². The summed E-state index contributed by atoms with van der Waals surface area (Å²) in [5.74, 6) is -0.0756. The second kappa shape index (κ2) is 6.54. The summed E-state index contributed by atoms with van der Waals surface area (Å²) in [6, 6.07) is 19.7. The van der Waals surface area contributed by atoms with Gasteiger partial charge in [0.1, 0.15) is 4.88 Å². The number of nitrogens with zero attached hydrogens (tertiary/aromatic N) is 1. The molecule has 0 unspecified atom stereocenters. The highest BCUT2D eigenvalue weighted by Gasteiger charge is 2.17. The van der Waals surface area contributed by atoms with Gasteiger partial charge in [0.15, 0.2) is 0 Å². The molecular formula is C18H16N2OS. The molecule has 3 nitrogen and oxygen atoms in total. The normalized spacial score (nSPS) is 10.4. The average molecular weight is 308 g/mol.